The average Bonchev–Trinajstić information content (AvgIpc) is 2.91. The van der Waals surface area contributed by atoms with E-state index in [-0.39, 0.29) is 42.5 Å². The summed E-state index contributed by atoms with van der Waals surface area (Å²) in [7, 11) is 1.80. The molecular weight excluding hydrogens is 435 g/mol. The lowest BCUT2D eigenvalue weighted by atomic mass is 10.0. The van der Waals surface area contributed by atoms with Crippen molar-refractivity contribution in [3.05, 3.63) is 18.0 Å². The van der Waals surface area contributed by atoms with Crippen molar-refractivity contribution >= 4 is 35.8 Å². The Morgan fingerprint density at radius 3 is 2.64 bits per heavy atom. The lowest BCUT2D eigenvalue weighted by Crippen LogP contribution is -2.41. The Balaban J connectivity index is 0.00000576. The van der Waals surface area contributed by atoms with Crippen LogP contribution in [0.3, 0.4) is 0 Å². The predicted octanol–water partition coefficient (Wildman–Crippen LogP) is 0.715. The molecule has 1 aromatic heterocycles. The maximum Gasteiger partial charge on any atom is 0.221 e. The number of aliphatic hydroxyl groups is 1. The van der Waals surface area contributed by atoms with E-state index in [0.29, 0.717) is 31.0 Å². The van der Waals surface area contributed by atoms with E-state index in [1.54, 1.807) is 31.0 Å². The third-order valence-electron chi connectivity index (χ3n) is 3.31. The van der Waals surface area contributed by atoms with Crippen LogP contribution in [-0.4, -0.2) is 52.4 Å². The fraction of sp³-hybridized carbons (Fsp3) is 0.688. The second-order valence-electron chi connectivity index (χ2n) is 6.27. The quantitative estimate of drug-likeness (QED) is 0.257. The number of carbonyl (C=O) groups excluding carboxylic acids is 1. The molecular formula is C16H31IN6O2. The van der Waals surface area contributed by atoms with Crippen molar-refractivity contribution in [3.63, 3.8) is 0 Å². The molecule has 9 heteroatoms. The van der Waals surface area contributed by atoms with Gasteiger partial charge in [-0.2, -0.15) is 5.10 Å². The van der Waals surface area contributed by atoms with Gasteiger partial charge in [-0.05, 0) is 27.7 Å². The fourth-order valence-corrected chi connectivity index (χ4v) is 2.05. The molecule has 144 valence electrons. The smallest absolute Gasteiger partial charge is 0.221 e. The van der Waals surface area contributed by atoms with Gasteiger partial charge in [0.2, 0.25) is 5.91 Å². The van der Waals surface area contributed by atoms with Gasteiger partial charge in [-0.3, -0.25) is 9.48 Å². The zero-order valence-electron chi connectivity index (χ0n) is 15.7. The molecule has 0 bridgehead atoms. The molecule has 0 fully saturated rings. The van der Waals surface area contributed by atoms with Crippen molar-refractivity contribution in [1.82, 2.24) is 25.7 Å². The SMILES string of the molecule is CCNC(=NCC(C)(O)c1cnn(C)c1)NCCC(=O)NC(C)C.I. The van der Waals surface area contributed by atoms with E-state index in [0.717, 1.165) is 0 Å². The van der Waals surface area contributed by atoms with Gasteiger partial charge in [-0.15, -0.1) is 24.0 Å². The van der Waals surface area contributed by atoms with E-state index in [4.69, 9.17) is 0 Å². The highest BCUT2D eigenvalue weighted by molar-refractivity contribution is 14.0. The third kappa shape index (κ3) is 9.05. The van der Waals surface area contributed by atoms with Gasteiger partial charge in [-0.25, -0.2) is 4.99 Å². The second kappa shape index (κ2) is 11.3. The predicted molar refractivity (Wildman–Crippen MR) is 110 cm³/mol. The summed E-state index contributed by atoms with van der Waals surface area (Å²) < 4.78 is 1.64. The number of halogens is 1. The number of amides is 1. The van der Waals surface area contributed by atoms with Crippen LogP contribution in [0.25, 0.3) is 0 Å². The number of hydrogen-bond donors (Lipinski definition) is 4. The highest BCUT2D eigenvalue weighted by Crippen LogP contribution is 2.19. The van der Waals surface area contributed by atoms with E-state index in [1.165, 1.54) is 0 Å². The van der Waals surface area contributed by atoms with Gasteiger partial charge >= 0.3 is 0 Å². The van der Waals surface area contributed by atoms with Crippen molar-refractivity contribution in [2.75, 3.05) is 19.6 Å². The molecule has 25 heavy (non-hydrogen) atoms. The molecule has 1 amide bonds. The Hall–Kier alpha value is -1.36. The van der Waals surface area contributed by atoms with Crippen LogP contribution < -0.4 is 16.0 Å². The normalized spacial score (nSPS) is 13.8. The van der Waals surface area contributed by atoms with Crippen molar-refractivity contribution in [1.29, 1.82) is 0 Å². The van der Waals surface area contributed by atoms with Crippen LogP contribution in [-0.2, 0) is 17.4 Å². The van der Waals surface area contributed by atoms with Crippen molar-refractivity contribution < 1.29 is 9.90 Å². The van der Waals surface area contributed by atoms with Crippen LogP contribution in [0.5, 0.6) is 0 Å². The van der Waals surface area contributed by atoms with Gasteiger partial charge in [0.05, 0.1) is 12.7 Å². The summed E-state index contributed by atoms with van der Waals surface area (Å²) in [5.74, 6) is 0.565. The number of aromatic nitrogens is 2. The fourth-order valence-electron chi connectivity index (χ4n) is 2.05. The Morgan fingerprint density at radius 1 is 1.44 bits per heavy atom. The molecule has 1 rings (SSSR count). The molecule has 1 aromatic rings. The standard InChI is InChI=1S/C16H30N6O2.HI/c1-6-17-15(18-8-7-14(23)21-12(2)3)19-11-16(4,24)13-9-20-22(5)10-13;/h9-10,12,24H,6-8,11H2,1-5H3,(H,21,23)(H2,17,18,19);1H. The average molecular weight is 466 g/mol. The highest BCUT2D eigenvalue weighted by atomic mass is 127. The van der Waals surface area contributed by atoms with Gasteiger partial charge < -0.3 is 21.1 Å². The highest BCUT2D eigenvalue weighted by Gasteiger charge is 2.24. The van der Waals surface area contributed by atoms with E-state index in [1.807, 2.05) is 20.8 Å². The Kier molecular flexibility index (Phi) is 10.7. The number of aliphatic imine (C=N–C) groups is 1. The van der Waals surface area contributed by atoms with Gasteiger partial charge in [0, 0.05) is 44.4 Å². The zero-order valence-corrected chi connectivity index (χ0v) is 18.0. The Morgan fingerprint density at radius 2 is 2.12 bits per heavy atom. The first kappa shape index (κ1) is 23.6. The summed E-state index contributed by atoms with van der Waals surface area (Å²) >= 11 is 0. The van der Waals surface area contributed by atoms with E-state index >= 15 is 0 Å². The van der Waals surface area contributed by atoms with Crippen LogP contribution >= 0.6 is 24.0 Å². The first-order valence-electron chi connectivity index (χ1n) is 8.27. The van der Waals surface area contributed by atoms with Crippen molar-refractivity contribution in [2.45, 2.75) is 45.8 Å². The Bertz CT molecular complexity index is 557. The van der Waals surface area contributed by atoms with Gasteiger partial charge in [-0.1, -0.05) is 0 Å². The summed E-state index contributed by atoms with van der Waals surface area (Å²) in [5.41, 5.74) is -0.396. The number of hydrogen-bond acceptors (Lipinski definition) is 4. The molecule has 8 nitrogen and oxygen atoms in total. The van der Waals surface area contributed by atoms with Gasteiger partial charge in [0.15, 0.2) is 5.96 Å². The number of rotatable bonds is 8. The molecule has 0 radical (unpaired) electrons. The largest absolute Gasteiger partial charge is 0.383 e. The lowest BCUT2D eigenvalue weighted by Gasteiger charge is -2.20. The first-order chi connectivity index (χ1) is 11.2. The molecule has 0 aliphatic heterocycles. The molecule has 0 aliphatic rings. The molecule has 0 saturated heterocycles. The zero-order chi connectivity index (χ0) is 18.2. The topological polar surface area (TPSA) is 104 Å². The monoisotopic (exact) mass is 466 g/mol. The summed E-state index contributed by atoms with van der Waals surface area (Å²) in [4.78, 5) is 16.0. The maximum absolute atomic E-state index is 11.6. The third-order valence-corrected chi connectivity index (χ3v) is 3.31. The minimum atomic E-state index is -1.11. The molecule has 0 aliphatic carbocycles. The minimum Gasteiger partial charge on any atom is -0.383 e. The van der Waals surface area contributed by atoms with Crippen LogP contribution in [0.1, 0.15) is 39.7 Å². The number of aryl methyl sites for hydroxylation is 1. The summed E-state index contributed by atoms with van der Waals surface area (Å²) in [6.45, 7) is 8.87. The van der Waals surface area contributed by atoms with Gasteiger partial charge in [0.1, 0.15) is 5.60 Å². The molecule has 1 unspecified atom stereocenters. The van der Waals surface area contributed by atoms with Crippen LogP contribution in [0.15, 0.2) is 17.4 Å². The molecule has 0 aromatic carbocycles. The van der Waals surface area contributed by atoms with Gasteiger partial charge in [0.25, 0.3) is 0 Å². The first-order valence-corrected chi connectivity index (χ1v) is 8.27. The van der Waals surface area contributed by atoms with Crippen LogP contribution in [0.4, 0.5) is 0 Å². The molecule has 0 spiro atoms. The summed E-state index contributed by atoms with van der Waals surface area (Å²) in [5, 5.41) is 23.7. The number of carbonyl (C=O) groups is 1. The van der Waals surface area contributed by atoms with E-state index in [9.17, 15) is 9.90 Å². The number of nitrogens with zero attached hydrogens (tertiary/aromatic N) is 3. The van der Waals surface area contributed by atoms with Crippen LogP contribution in [0.2, 0.25) is 0 Å². The molecule has 0 saturated carbocycles. The Labute approximate surface area is 166 Å². The van der Waals surface area contributed by atoms with E-state index < -0.39 is 5.60 Å². The minimum absolute atomic E-state index is 0. The summed E-state index contributed by atoms with van der Waals surface area (Å²) in [6, 6.07) is 0.133. The maximum atomic E-state index is 11.6. The lowest BCUT2D eigenvalue weighted by molar-refractivity contribution is -0.121. The van der Waals surface area contributed by atoms with Crippen molar-refractivity contribution in [2.24, 2.45) is 12.0 Å². The molecule has 4 N–H and O–H groups in total. The van der Waals surface area contributed by atoms with Crippen molar-refractivity contribution in [3.8, 4) is 0 Å². The molecule has 1 heterocycles. The van der Waals surface area contributed by atoms with Crippen LogP contribution in [0, 0.1) is 0 Å². The second-order valence-corrected chi connectivity index (χ2v) is 6.27. The number of nitrogens with one attached hydrogen (secondary N) is 3. The molecule has 1 atom stereocenters. The number of guanidine groups is 1. The van der Waals surface area contributed by atoms with E-state index in [2.05, 4.69) is 26.0 Å². The summed E-state index contributed by atoms with van der Waals surface area (Å²) in [6.07, 6.45) is 3.76.